The van der Waals surface area contributed by atoms with Gasteiger partial charge in [-0.05, 0) is 35.4 Å². The van der Waals surface area contributed by atoms with Crippen molar-refractivity contribution in [2.24, 2.45) is 0 Å². The molecule has 0 spiro atoms. The highest BCUT2D eigenvalue weighted by Crippen LogP contribution is 2.42. The lowest BCUT2D eigenvalue weighted by Crippen LogP contribution is -1.99. The summed E-state index contributed by atoms with van der Waals surface area (Å²) in [6.45, 7) is 3.59. The molecule has 0 aliphatic rings. The van der Waals surface area contributed by atoms with Crippen molar-refractivity contribution in [3.05, 3.63) is 21.1 Å². The Morgan fingerprint density at radius 3 is 1.59 bits per heavy atom. The van der Waals surface area contributed by atoms with Crippen molar-refractivity contribution >= 4 is 56.2 Å². The first kappa shape index (κ1) is 17.3. The summed E-state index contributed by atoms with van der Waals surface area (Å²) < 4.78 is 1.54. The summed E-state index contributed by atoms with van der Waals surface area (Å²) in [5, 5.41) is 17.6. The third-order valence-electron chi connectivity index (χ3n) is 2.55. The molecule has 0 bridgehead atoms. The minimum atomic E-state index is -0.871. The quantitative estimate of drug-likeness (QED) is 0.710. The summed E-state index contributed by atoms with van der Waals surface area (Å²) >= 11 is 2.72. The van der Waals surface area contributed by atoms with Gasteiger partial charge in [0.15, 0.2) is 8.68 Å². The normalized spacial score (nSPS) is 10.8. The van der Waals surface area contributed by atoms with Crippen LogP contribution in [-0.4, -0.2) is 32.1 Å². The van der Waals surface area contributed by atoms with Crippen LogP contribution in [0.2, 0.25) is 0 Å². The number of aryl methyl sites for hydroxylation is 2. The molecule has 0 fully saturated rings. The van der Waals surface area contributed by atoms with E-state index in [2.05, 4.69) is 9.97 Å². The number of nitrogens with zero attached hydrogens (tertiary/aromatic N) is 2. The topological polar surface area (TPSA) is 100 Å². The van der Waals surface area contributed by atoms with Crippen molar-refractivity contribution < 1.29 is 19.8 Å². The van der Waals surface area contributed by atoms with Gasteiger partial charge in [-0.1, -0.05) is 0 Å². The second-order valence-corrected chi connectivity index (χ2v) is 9.08. The van der Waals surface area contributed by atoms with Crippen LogP contribution in [0.15, 0.2) is 8.68 Å². The van der Waals surface area contributed by atoms with Gasteiger partial charge < -0.3 is 10.2 Å². The van der Waals surface area contributed by atoms with Crippen LogP contribution < -0.4 is 0 Å². The maximum atomic E-state index is 10.7. The largest absolute Gasteiger partial charge is 0.481 e. The lowest BCUT2D eigenvalue weighted by molar-refractivity contribution is -0.137. The molecule has 2 heterocycles. The molecule has 0 aliphatic heterocycles. The van der Waals surface area contributed by atoms with Crippen molar-refractivity contribution in [3.63, 3.8) is 0 Å². The van der Waals surface area contributed by atoms with E-state index in [-0.39, 0.29) is 12.8 Å². The fourth-order valence-electron chi connectivity index (χ4n) is 1.55. The molecular weight excluding hydrogens is 364 g/mol. The number of carbonyl (C=O) groups is 2. The van der Waals surface area contributed by atoms with Gasteiger partial charge in [0.25, 0.3) is 0 Å². The monoisotopic (exact) mass is 376 g/mol. The number of carboxylic acid groups (broad SMARTS) is 2. The van der Waals surface area contributed by atoms with E-state index in [4.69, 9.17) is 10.2 Å². The highest BCUT2D eigenvalue weighted by molar-refractivity contribution is 8.77. The average Bonchev–Trinajstić information content (AvgIpc) is 2.90. The molecule has 6 nitrogen and oxygen atoms in total. The zero-order valence-corrected chi connectivity index (χ0v) is 14.9. The molecule has 0 aromatic carbocycles. The molecule has 2 N–H and O–H groups in total. The van der Waals surface area contributed by atoms with Gasteiger partial charge in [0.2, 0.25) is 0 Å². The van der Waals surface area contributed by atoms with E-state index >= 15 is 0 Å². The van der Waals surface area contributed by atoms with Crippen molar-refractivity contribution in [2.45, 2.75) is 35.4 Å². The third kappa shape index (κ3) is 4.70. The van der Waals surface area contributed by atoms with Gasteiger partial charge in [-0.3, -0.25) is 9.59 Å². The zero-order valence-electron chi connectivity index (χ0n) is 11.7. The van der Waals surface area contributed by atoms with Gasteiger partial charge in [-0.25, -0.2) is 9.97 Å². The number of rotatable bonds is 7. The van der Waals surface area contributed by atoms with Crippen LogP contribution in [0.5, 0.6) is 0 Å². The van der Waals surface area contributed by atoms with Crippen molar-refractivity contribution in [2.75, 3.05) is 0 Å². The van der Waals surface area contributed by atoms with Crippen molar-refractivity contribution in [3.8, 4) is 0 Å². The molecule has 2 aromatic heterocycles. The van der Waals surface area contributed by atoms with Crippen LogP contribution in [0, 0.1) is 13.8 Å². The summed E-state index contributed by atoms with van der Waals surface area (Å²) in [5.74, 6) is -1.74. The van der Waals surface area contributed by atoms with Gasteiger partial charge in [-0.2, -0.15) is 0 Å². The molecule has 0 amide bonds. The summed E-state index contributed by atoms with van der Waals surface area (Å²) in [6, 6.07) is 0. The molecule has 0 aliphatic carbocycles. The Morgan fingerprint density at radius 1 is 0.909 bits per heavy atom. The smallest absolute Gasteiger partial charge is 0.308 e. The van der Waals surface area contributed by atoms with Crippen molar-refractivity contribution in [1.82, 2.24) is 9.97 Å². The fourth-order valence-corrected chi connectivity index (χ4v) is 6.36. The molecule has 0 unspecified atom stereocenters. The van der Waals surface area contributed by atoms with E-state index in [0.29, 0.717) is 0 Å². The number of hydrogen-bond donors (Lipinski definition) is 2. The molecular formula is C12H12N2O4S4. The predicted molar refractivity (Wildman–Crippen MR) is 88.1 cm³/mol. The summed E-state index contributed by atoms with van der Waals surface area (Å²) in [4.78, 5) is 31.7. The number of aliphatic carboxylic acids is 2. The van der Waals surface area contributed by atoms with E-state index in [0.717, 1.165) is 29.8 Å². The van der Waals surface area contributed by atoms with E-state index in [1.165, 1.54) is 44.3 Å². The molecule has 0 atom stereocenters. The molecule has 22 heavy (non-hydrogen) atoms. The van der Waals surface area contributed by atoms with Crippen molar-refractivity contribution in [1.29, 1.82) is 0 Å². The van der Waals surface area contributed by atoms with Crippen LogP contribution in [0.4, 0.5) is 0 Å². The highest BCUT2D eigenvalue weighted by Gasteiger charge is 2.15. The van der Waals surface area contributed by atoms with E-state index in [9.17, 15) is 9.59 Å². The minimum Gasteiger partial charge on any atom is -0.481 e. The molecule has 0 radical (unpaired) electrons. The minimum absolute atomic E-state index is 0.0200. The predicted octanol–water partition coefficient (Wildman–Crippen LogP) is 3.27. The highest BCUT2D eigenvalue weighted by atomic mass is 33.1. The first-order valence-electron chi connectivity index (χ1n) is 6.06. The Kier molecular flexibility index (Phi) is 5.84. The van der Waals surface area contributed by atoms with Crippen LogP contribution >= 0.6 is 44.3 Å². The van der Waals surface area contributed by atoms with Gasteiger partial charge in [0.1, 0.15) is 0 Å². The Morgan fingerprint density at radius 2 is 1.27 bits per heavy atom. The molecule has 10 heteroatoms. The summed E-state index contributed by atoms with van der Waals surface area (Å²) in [5.41, 5.74) is 1.47. The number of aromatic nitrogens is 2. The Bertz CT molecular complexity index is 650. The van der Waals surface area contributed by atoms with Gasteiger partial charge in [0.05, 0.1) is 24.2 Å². The fraction of sp³-hybridized carbons (Fsp3) is 0.333. The molecule has 2 rings (SSSR count). The Labute approximate surface area is 142 Å². The number of thiazole rings is 2. The Balaban J connectivity index is 2.01. The number of hydrogen-bond acceptors (Lipinski definition) is 8. The Hall–Kier alpha value is -1.10. The van der Waals surface area contributed by atoms with Crippen LogP contribution in [0.1, 0.15) is 21.1 Å². The second kappa shape index (κ2) is 7.44. The summed E-state index contributed by atoms with van der Waals surface area (Å²) in [6.07, 6.45) is -0.0400. The first-order valence-corrected chi connectivity index (χ1v) is 9.84. The van der Waals surface area contributed by atoms with E-state index < -0.39 is 11.9 Å². The van der Waals surface area contributed by atoms with Crippen LogP contribution in [0.25, 0.3) is 0 Å². The van der Waals surface area contributed by atoms with Crippen LogP contribution in [0.3, 0.4) is 0 Å². The van der Waals surface area contributed by atoms with E-state index in [1.54, 1.807) is 13.8 Å². The zero-order chi connectivity index (χ0) is 16.3. The van der Waals surface area contributed by atoms with E-state index in [1.807, 2.05) is 0 Å². The molecule has 118 valence electrons. The standard InChI is InChI=1S/C12H12N2O4S4/c1-5-7(3-9(15)16)19-11(13-5)21-22-12-14-6(2)8(20-12)4-10(17)18/h3-4H2,1-2H3,(H,15,16)(H,17,18). The van der Waals surface area contributed by atoms with Gasteiger partial charge >= 0.3 is 11.9 Å². The average molecular weight is 377 g/mol. The SMILES string of the molecule is Cc1nc(SSc2nc(C)c(CC(=O)O)s2)sc1CC(=O)O. The lowest BCUT2D eigenvalue weighted by atomic mass is 10.3. The third-order valence-corrected chi connectivity index (χ3v) is 7.84. The second-order valence-electron chi connectivity index (χ2n) is 4.28. The first-order chi connectivity index (χ1) is 10.3. The maximum Gasteiger partial charge on any atom is 0.308 e. The molecule has 0 saturated heterocycles. The molecule has 0 saturated carbocycles. The lowest BCUT2D eigenvalue weighted by Gasteiger charge is -1.91. The number of carboxylic acids is 2. The summed E-state index contributed by atoms with van der Waals surface area (Å²) in [7, 11) is 2.82. The van der Waals surface area contributed by atoms with Crippen LogP contribution in [-0.2, 0) is 22.4 Å². The molecule has 2 aromatic rings. The maximum absolute atomic E-state index is 10.7. The van der Waals surface area contributed by atoms with Gasteiger partial charge in [-0.15, -0.1) is 22.7 Å². The van der Waals surface area contributed by atoms with Gasteiger partial charge in [0, 0.05) is 9.75 Å².